The van der Waals surface area contributed by atoms with Crippen LogP contribution in [0.2, 0.25) is 0 Å². The third kappa shape index (κ3) is 1.39. The molecule has 1 fully saturated rings. The second-order valence-electron chi connectivity index (χ2n) is 5.47. The number of hydrogen-bond donors (Lipinski definition) is 0. The van der Waals surface area contributed by atoms with Crippen molar-refractivity contribution < 1.29 is 8.78 Å². The first-order chi connectivity index (χ1) is 9.69. The zero-order valence-corrected chi connectivity index (χ0v) is 10.6. The first-order valence-corrected chi connectivity index (χ1v) is 6.67. The van der Waals surface area contributed by atoms with E-state index in [1.54, 1.807) is 0 Å². The highest BCUT2D eigenvalue weighted by atomic mass is 19.1. The van der Waals surface area contributed by atoms with E-state index >= 15 is 0 Å². The minimum absolute atomic E-state index is 0.219. The van der Waals surface area contributed by atoms with Crippen LogP contribution in [-0.4, -0.2) is 9.78 Å². The Hall–Kier alpha value is -2.22. The van der Waals surface area contributed by atoms with Crippen molar-refractivity contribution in [1.29, 1.82) is 5.26 Å². The van der Waals surface area contributed by atoms with E-state index in [1.165, 1.54) is 16.8 Å². The molecular weight excluding hydrogens is 260 g/mol. The maximum atomic E-state index is 14.0. The van der Waals surface area contributed by atoms with Crippen molar-refractivity contribution in [1.82, 2.24) is 9.78 Å². The number of fused-ring (bicyclic) bond motifs is 5. The van der Waals surface area contributed by atoms with Gasteiger partial charge in [0.05, 0.1) is 5.69 Å². The fourth-order valence-corrected chi connectivity index (χ4v) is 3.65. The zero-order valence-electron chi connectivity index (χ0n) is 10.6. The molecule has 5 heteroatoms. The minimum Gasteiger partial charge on any atom is -0.233 e. The molecule has 0 saturated heterocycles. The molecule has 0 aliphatic heterocycles. The van der Waals surface area contributed by atoms with Gasteiger partial charge in [0.15, 0.2) is 11.5 Å². The molecule has 2 aromatic rings. The van der Waals surface area contributed by atoms with Gasteiger partial charge < -0.3 is 0 Å². The minimum atomic E-state index is -0.650. The molecule has 20 heavy (non-hydrogen) atoms. The molecule has 1 heterocycles. The molecule has 3 nitrogen and oxygen atoms in total. The van der Waals surface area contributed by atoms with Gasteiger partial charge in [-0.25, -0.2) is 13.5 Å². The highest BCUT2D eigenvalue weighted by molar-refractivity contribution is 5.49. The van der Waals surface area contributed by atoms with Gasteiger partial charge in [-0.1, -0.05) is 0 Å². The van der Waals surface area contributed by atoms with Crippen LogP contribution in [0.4, 0.5) is 8.78 Å². The van der Waals surface area contributed by atoms with Crippen molar-refractivity contribution in [3.05, 3.63) is 46.8 Å². The van der Waals surface area contributed by atoms with Crippen molar-refractivity contribution in [2.24, 2.45) is 0 Å². The number of aromatic nitrogens is 2. The fraction of sp³-hybridized carbons (Fsp3) is 0.333. The zero-order chi connectivity index (χ0) is 13.9. The van der Waals surface area contributed by atoms with Crippen molar-refractivity contribution in [2.75, 3.05) is 0 Å². The van der Waals surface area contributed by atoms with E-state index in [2.05, 4.69) is 11.2 Å². The van der Waals surface area contributed by atoms with Gasteiger partial charge in [-0.2, -0.15) is 10.4 Å². The summed E-state index contributed by atoms with van der Waals surface area (Å²) in [6, 6.07) is 5.55. The van der Waals surface area contributed by atoms with Crippen molar-refractivity contribution >= 4 is 0 Å². The first-order valence-electron chi connectivity index (χ1n) is 6.67. The Balaban J connectivity index is 1.96. The van der Waals surface area contributed by atoms with E-state index in [1.807, 2.05) is 0 Å². The first kappa shape index (κ1) is 11.6. The Bertz CT molecular complexity index is 757. The average molecular weight is 271 g/mol. The van der Waals surface area contributed by atoms with Crippen LogP contribution in [0.5, 0.6) is 0 Å². The topological polar surface area (TPSA) is 41.6 Å². The normalized spacial score (nSPS) is 22.9. The number of rotatable bonds is 1. The van der Waals surface area contributed by atoms with Crippen molar-refractivity contribution in [2.45, 2.75) is 31.1 Å². The van der Waals surface area contributed by atoms with Crippen molar-refractivity contribution in [3.63, 3.8) is 0 Å². The summed E-state index contributed by atoms with van der Waals surface area (Å²) in [5.74, 6) is -0.546. The molecule has 100 valence electrons. The third-order valence-corrected chi connectivity index (χ3v) is 4.43. The third-order valence-electron chi connectivity index (χ3n) is 4.43. The molecule has 0 N–H and O–H groups in total. The molecule has 2 aliphatic carbocycles. The summed E-state index contributed by atoms with van der Waals surface area (Å²) in [6.07, 6.45) is 3.14. The molecule has 0 radical (unpaired) electrons. The number of nitrogens with zero attached hydrogens (tertiary/aromatic N) is 3. The van der Waals surface area contributed by atoms with E-state index in [4.69, 9.17) is 0 Å². The molecule has 0 unspecified atom stereocenters. The summed E-state index contributed by atoms with van der Waals surface area (Å²) in [5, 5.41) is 13.5. The predicted molar refractivity (Wildman–Crippen MR) is 67.5 cm³/mol. The average Bonchev–Trinajstić information content (AvgIpc) is 3.10. The lowest BCUT2D eigenvalue weighted by Crippen LogP contribution is -2.07. The van der Waals surface area contributed by atoms with E-state index in [9.17, 15) is 14.0 Å². The monoisotopic (exact) mass is 271 g/mol. The van der Waals surface area contributed by atoms with E-state index < -0.39 is 11.6 Å². The van der Waals surface area contributed by atoms with Crippen LogP contribution in [0, 0.1) is 23.0 Å². The molecule has 0 amide bonds. The molecule has 2 bridgehead atoms. The molecule has 2 aliphatic rings. The molecule has 2 atom stereocenters. The Kier molecular flexibility index (Phi) is 2.25. The summed E-state index contributed by atoms with van der Waals surface area (Å²) in [7, 11) is 0. The number of nitriles is 1. The standard InChI is InChI=1S/C15H11F2N3/c16-10-3-4-13(11(17)6-10)20-15-9-2-1-8(5-9)14(15)12(7-18)19-20/h3-4,6,8-9H,1-2,5H2/t8-,9+/m0/s1. The highest BCUT2D eigenvalue weighted by Crippen LogP contribution is 2.54. The summed E-state index contributed by atoms with van der Waals surface area (Å²) >= 11 is 0. The van der Waals surface area contributed by atoms with Gasteiger partial charge in [0.2, 0.25) is 0 Å². The van der Waals surface area contributed by atoms with Crippen molar-refractivity contribution in [3.8, 4) is 11.8 Å². The van der Waals surface area contributed by atoms with Crippen LogP contribution in [0.15, 0.2) is 18.2 Å². The number of halogens is 2. The maximum absolute atomic E-state index is 14.0. The van der Waals surface area contributed by atoms with E-state index in [0.29, 0.717) is 17.5 Å². The Morgan fingerprint density at radius 2 is 2.05 bits per heavy atom. The number of hydrogen-bond acceptors (Lipinski definition) is 2. The Labute approximate surface area is 114 Å². The lowest BCUT2D eigenvalue weighted by Gasteiger charge is -2.14. The largest absolute Gasteiger partial charge is 0.233 e. The molecule has 0 spiro atoms. The van der Waals surface area contributed by atoms with E-state index in [0.717, 1.165) is 36.6 Å². The smallest absolute Gasteiger partial charge is 0.166 e. The fourth-order valence-electron chi connectivity index (χ4n) is 3.65. The number of benzene rings is 1. The molecule has 1 aromatic heterocycles. The second kappa shape index (κ2) is 3.89. The highest BCUT2D eigenvalue weighted by Gasteiger charge is 2.43. The SMILES string of the molecule is N#Cc1nn(-c2ccc(F)cc2F)c2c1[C@H]1CC[C@@H]2C1. The van der Waals surface area contributed by atoms with Gasteiger partial charge in [-0.05, 0) is 37.3 Å². The Morgan fingerprint density at radius 1 is 1.25 bits per heavy atom. The van der Waals surface area contributed by atoms with Crippen LogP contribution >= 0.6 is 0 Å². The van der Waals surface area contributed by atoms with Gasteiger partial charge in [-0.3, -0.25) is 0 Å². The lowest BCUT2D eigenvalue weighted by atomic mass is 9.95. The maximum Gasteiger partial charge on any atom is 0.166 e. The van der Waals surface area contributed by atoms with Crippen LogP contribution in [0.25, 0.3) is 5.69 Å². The van der Waals surface area contributed by atoms with Crippen LogP contribution in [-0.2, 0) is 0 Å². The quantitative estimate of drug-likeness (QED) is 0.797. The van der Waals surface area contributed by atoms with Gasteiger partial charge in [0, 0.05) is 17.5 Å². The van der Waals surface area contributed by atoms with E-state index in [-0.39, 0.29) is 5.69 Å². The second-order valence-corrected chi connectivity index (χ2v) is 5.47. The molecular formula is C15H11F2N3. The van der Waals surface area contributed by atoms with Gasteiger partial charge in [0.25, 0.3) is 0 Å². The summed E-state index contributed by atoms with van der Waals surface area (Å²) in [6.45, 7) is 0. The van der Waals surface area contributed by atoms with Gasteiger partial charge >= 0.3 is 0 Å². The van der Waals surface area contributed by atoms with Gasteiger partial charge in [0.1, 0.15) is 17.6 Å². The van der Waals surface area contributed by atoms with Crippen LogP contribution < -0.4 is 0 Å². The molecule has 1 saturated carbocycles. The van der Waals surface area contributed by atoms with Gasteiger partial charge in [-0.15, -0.1) is 0 Å². The molecule has 4 rings (SSSR count). The van der Waals surface area contributed by atoms with Crippen LogP contribution in [0.1, 0.15) is 48.0 Å². The summed E-state index contributed by atoms with van der Waals surface area (Å²) < 4.78 is 28.5. The summed E-state index contributed by atoms with van der Waals surface area (Å²) in [5.41, 5.74) is 2.53. The summed E-state index contributed by atoms with van der Waals surface area (Å²) in [4.78, 5) is 0. The van der Waals surface area contributed by atoms with Crippen LogP contribution in [0.3, 0.4) is 0 Å². The lowest BCUT2D eigenvalue weighted by molar-refractivity contribution is 0.566. The Morgan fingerprint density at radius 3 is 2.80 bits per heavy atom. The molecule has 1 aromatic carbocycles. The predicted octanol–water partition coefficient (Wildman–Crippen LogP) is 3.39.